The second kappa shape index (κ2) is 7.91. The zero-order valence-corrected chi connectivity index (χ0v) is 11.1. The molecule has 0 radical (unpaired) electrons. The third-order valence-corrected chi connectivity index (χ3v) is 2.74. The maximum atomic E-state index is 4.11. The minimum atomic E-state index is 0.884. The van der Waals surface area contributed by atoms with Gasteiger partial charge >= 0.3 is 0 Å². The molecule has 0 amide bonds. The first-order valence-electron chi connectivity index (χ1n) is 6.39. The van der Waals surface area contributed by atoms with Crippen LogP contribution < -0.4 is 10.2 Å². The Morgan fingerprint density at radius 1 is 1.29 bits per heavy atom. The fraction of sp³-hybridized carbons (Fsp3) is 0.467. The number of anilines is 1. The van der Waals surface area contributed by atoms with Gasteiger partial charge in [-0.2, -0.15) is 0 Å². The van der Waals surface area contributed by atoms with Gasteiger partial charge in [-0.15, -0.1) is 0 Å². The molecule has 0 saturated carbocycles. The SMILES string of the molecule is C=C(CNC)CN(CCCC)c1ccccc1. The molecule has 1 rings (SSSR count). The highest BCUT2D eigenvalue weighted by Crippen LogP contribution is 2.15. The number of unbranched alkanes of at least 4 members (excludes halogenated alkanes) is 1. The first-order chi connectivity index (χ1) is 8.27. The Hall–Kier alpha value is -1.28. The summed E-state index contributed by atoms with van der Waals surface area (Å²) >= 11 is 0. The van der Waals surface area contributed by atoms with Gasteiger partial charge in [0, 0.05) is 25.3 Å². The van der Waals surface area contributed by atoms with Gasteiger partial charge in [0.15, 0.2) is 0 Å². The molecule has 0 unspecified atom stereocenters. The van der Waals surface area contributed by atoms with Gasteiger partial charge in [0.2, 0.25) is 0 Å². The van der Waals surface area contributed by atoms with Gasteiger partial charge < -0.3 is 10.2 Å². The van der Waals surface area contributed by atoms with E-state index in [4.69, 9.17) is 0 Å². The maximum Gasteiger partial charge on any atom is 0.0398 e. The molecule has 1 aromatic rings. The van der Waals surface area contributed by atoms with Gasteiger partial charge in [-0.25, -0.2) is 0 Å². The van der Waals surface area contributed by atoms with Crippen molar-refractivity contribution in [1.82, 2.24) is 5.32 Å². The average Bonchev–Trinajstić information content (AvgIpc) is 2.36. The van der Waals surface area contributed by atoms with Crippen LogP contribution in [0.25, 0.3) is 0 Å². The van der Waals surface area contributed by atoms with Crippen LogP contribution in [0.2, 0.25) is 0 Å². The van der Waals surface area contributed by atoms with Gasteiger partial charge in [0.1, 0.15) is 0 Å². The summed E-state index contributed by atoms with van der Waals surface area (Å²) in [5, 5.41) is 3.15. The molecule has 0 atom stereocenters. The van der Waals surface area contributed by atoms with E-state index in [1.54, 1.807) is 0 Å². The lowest BCUT2D eigenvalue weighted by atomic mass is 10.2. The summed E-state index contributed by atoms with van der Waals surface area (Å²) in [5.41, 5.74) is 2.52. The number of rotatable bonds is 8. The molecule has 2 heteroatoms. The van der Waals surface area contributed by atoms with E-state index in [-0.39, 0.29) is 0 Å². The Kier molecular flexibility index (Phi) is 6.41. The van der Waals surface area contributed by atoms with Crippen molar-refractivity contribution in [3.63, 3.8) is 0 Å². The van der Waals surface area contributed by atoms with Crippen molar-refractivity contribution in [1.29, 1.82) is 0 Å². The summed E-state index contributed by atoms with van der Waals surface area (Å²) in [6.45, 7) is 9.26. The summed E-state index contributed by atoms with van der Waals surface area (Å²) < 4.78 is 0. The zero-order valence-electron chi connectivity index (χ0n) is 11.1. The molecular formula is C15H24N2. The Labute approximate surface area is 105 Å². The molecule has 1 N–H and O–H groups in total. The van der Waals surface area contributed by atoms with Crippen LogP contribution in [-0.4, -0.2) is 26.7 Å². The predicted molar refractivity (Wildman–Crippen MR) is 76.6 cm³/mol. The normalized spacial score (nSPS) is 10.2. The molecule has 0 fully saturated rings. The van der Waals surface area contributed by atoms with Gasteiger partial charge in [-0.3, -0.25) is 0 Å². The highest BCUT2D eigenvalue weighted by molar-refractivity contribution is 5.47. The van der Waals surface area contributed by atoms with Crippen molar-refractivity contribution in [3.05, 3.63) is 42.5 Å². The molecule has 0 aliphatic rings. The van der Waals surface area contributed by atoms with Crippen molar-refractivity contribution in [2.75, 3.05) is 31.6 Å². The van der Waals surface area contributed by atoms with Gasteiger partial charge in [0.05, 0.1) is 0 Å². The fourth-order valence-corrected chi connectivity index (χ4v) is 1.86. The van der Waals surface area contributed by atoms with Crippen molar-refractivity contribution in [2.24, 2.45) is 0 Å². The number of hydrogen-bond acceptors (Lipinski definition) is 2. The summed E-state index contributed by atoms with van der Waals surface area (Å²) in [4.78, 5) is 2.41. The van der Waals surface area contributed by atoms with E-state index in [0.717, 1.165) is 19.6 Å². The van der Waals surface area contributed by atoms with E-state index in [9.17, 15) is 0 Å². The first kappa shape index (κ1) is 13.8. The molecular weight excluding hydrogens is 208 g/mol. The summed E-state index contributed by atoms with van der Waals surface area (Å²) in [7, 11) is 1.96. The van der Waals surface area contributed by atoms with Crippen molar-refractivity contribution >= 4 is 5.69 Å². The van der Waals surface area contributed by atoms with Crippen LogP contribution in [0, 0.1) is 0 Å². The number of likely N-dealkylation sites (N-methyl/N-ethyl adjacent to an activating group) is 1. The quantitative estimate of drug-likeness (QED) is 0.693. The van der Waals surface area contributed by atoms with Crippen LogP contribution in [0.15, 0.2) is 42.5 Å². The van der Waals surface area contributed by atoms with Crippen LogP contribution in [0.1, 0.15) is 19.8 Å². The van der Waals surface area contributed by atoms with E-state index in [2.05, 4.69) is 54.1 Å². The predicted octanol–water partition coefficient (Wildman–Crippen LogP) is 3.07. The van der Waals surface area contributed by atoms with Crippen LogP contribution >= 0.6 is 0 Å². The van der Waals surface area contributed by atoms with E-state index in [1.165, 1.54) is 24.1 Å². The van der Waals surface area contributed by atoms with Crippen LogP contribution in [0.3, 0.4) is 0 Å². The molecule has 1 aromatic carbocycles. The van der Waals surface area contributed by atoms with Crippen molar-refractivity contribution in [2.45, 2.75) is 19.8 Å². The minimum absolute atomic E-state index is 0.884. The van der Waals surface area contributed by atoms with Crippen LogP contribution in [-0.2, 0) is 0 Å². The summed E-state index contributed by atoms with van der Waals surface area (Å²) in [5.74, 6) is 0. The lowest BCUT2D eigenvalue weighted by Crippen LogP contribution is -2.29. The largest absolute Gasteiger partial charge is 0.367 e. The molecule has 0 aromatic heterocycles. The Bertz CT molecular complexity index is 319. The monoisotopic (exact) mass is 232 g/mol. The Balaban J connectivity index is 2.63. The van der Waals surface area contributed by atoms with E-state index >= 15 is 0 Å². The standard InChI is InChI=1S/C15H24N2/c1-4-5-11-17(13-14(2)12-16-3)15-9-7-6-8-10-15/h6-10,16H,2,4-5,11-13H2,1,3H3. The minimum Gasteiger partial charge on any atom is -0.367 e. The van der Waals surface area contributed by atoms with Crippen molar-refractivity contribution in [3.8, 4) is 0 Å². The second-order valence-corrected chi connectivity index (χ2v) is 4.39. The first-order valence-corrected chi connectivity index (χ1v) is 6.39. The van der Waals surface area contributed by atoms with Gasteiger partial charge in [0.25, 0.3) is 0 Å². The van der Waals surface area contributed by atoms with Gasteiger partial charge in [-0.1, -0.05) is 38.1 Å². The van der Waals surface area contributed by atoms with Crippen LogP contribution in [0.4, 0.5) is 5.69 Å². The van der Waals surface area contributed by atoms with Crippen molar-refractivity contribution < 1.29 is 0 Å². The Morgan fingerprint density at radius 2 is 2.00 bits per heavy atom. The Morgan fingerprint density at radius 3 is 2.59 bits per heavy atom. The van der Waals surface area contributed by atoms with Crippen LogP contribution in [0.5, 0.6) is 0 Å². The number of nitrogens with zero attached hydrogens (tertiary/aromatic N) is 1. The molecule has 0 aliphatic heterocycles. The summed E-state index contributed by atoms with van der Waals surface area (Å²) in [6, 6.07) is 10.6. The smallest absolute Gasteiger partial charge is 0.0398 e. The van der Waals surface area contributed by atoms with E-state index in [0.29, 0.717) is 0 Å². The number of hydrogen-bond donors (Lipinski definition) is 1. The molecule has 0 bridgehead atoms. The van der Waals surface area contributed by atoms with E-state index in [1.807, 2.05) is 7.05 Å². The lowest BCUT2D eigenvalue weighted by Gasteiger charge is -2.25. The third-order valence-electron chi connectivity index (χ3n) is 2.74. The fourth-order valence-electron chi connectivity index (χ4n) is 1.86. The molecule has 94 valence electrons. The molecule has 2 nitrogen and oxygen atoms in total. The molecule has 17 heavy (non-hydrogen) atoms. The maximum absolute atomic E-state index is 4.11. The second-order valence-electron chi connectivity index (χ2n) is 4.39. The number of nitrogens with one attached hydrogen (secondary N) is 1. The highest BCUT2D eigenvalue weighted by Gasteiger charge is 2.06. The number of para-hydroxylation sites is 1. The molecule has 0 saturated heterocycles. The zero-order chi connectivity index (χ0) is 12.5. The molecule has 0 heterocycles. The molecule has 0 aliphatic carbocycles. The average molecular weight is 232 g/mol. The summed E-state index contributed by atoms with van der Waals surface area (Å²) in [6.07, 6.45) is 2.45. The number of benzene rings is 1. The van der Waals surface area contributed by atoms with Gasteiger partial charge in [-0.05, 0) is 31.2 Å². The topological polar surface area (TPSA) is 15.3 Å². The lowest BCUT2D eigenvalue weighted by molar-refractivity contribution is 0.726. The molecule has 0 spiro atoms. The third kappa shape index (κ3) is 5.05. The van der Waals surface area contributed by atoms with E-state index < -0.39 is 0 Å². The highest BCUT2D eigenvalue weighted by atomic mass is 15.1.